The van der Waals surface area contributed by atoms with E-state index in [1.165, 1.54) is 0 Å². The Morgan fingerprint density at radius 3 is 2.67 bits per heavy atom. The number of hydrogen-bond acceptors (Lipinski definition) is 3. The standard InChI is InChI=1S/C11H21NO2S/c1-4-12(8-11(2,3)14)10(13)9-5-6-15-7-9/h9,14H,4-8H2,1-3H3. The van der Waals surface area contributed by atoms with Crippen LogP contribution in [0.5, 0.6) is 0 Å². The molecule has 1 unspecified atom stereocenters. The van der Waals surface area contributed by atoms with Crippen molar-refractivity contribution in [2.75, 3.05) is 24.6 Å². The molecule has 0 aromatic heterocycles. The fourth-order valence-electron chi connectivity index (χ4n) is 1.80. The van der Waals surface area contributed by atoms with Gasteiger partial charge in [0.1, 0.15) is 0 Å². The summed E-state index contributed by atoms with van der Waals surface area (Å²) in [5, 5.41) is 9.71. The Morgan fingerprint density at radius 2 is 2.27 bits per heavy atom. The maximum Gasteiger partial charge on any atom is 0.226 e. The van der Waals surface area contributed by atoms with Crippen LogP contribution in [0.1, 0.15) is 27.2 Å². The van der Waals surface area contributed by atoms with Crippen molar-refractivity contribution in [2.24, 2.45) is 5.92 Å². The van der Waals surface area contributed by atoms with Crippen LogP contribution in [-0.2, 0) is 4.79 Å². The van der Waals surface area contributed by atoms with Crippen LogP contribution in [0.4, 0.5) is 0 Å². The molecule has 1 saturated heterocycles. The minimum Gasteiger partial charge on any atom is -0.389 e. The quantitative estimate of drug-likeness (QED) is 0.794. The molecule has 0 radical (unpaired) electrons. The summed E-state index contributed by atoms with van der Waals surface area (Å²) < 4.78 is 0. The van der Waals surface area contributed by atoms with Gasteiger partial charge in [0, 0.05) is 24.8 Å². The molecular weight excluding hydrogens is 210 g/mol. The lowest BCUT2D eigenvalue weighted by Crippen LogP contribution is -2.44. The molecule has 0 aromatic rings. The Hall–Kier alpha value is -0.220. The first-order valence-electron chi connectivity index (χ1n) is 5.53. The zero-order valence-corrected chi connectivity index (χ0v) is 10.6. The molecule has 1 rings (SSSR count). The van der Waals surface area contributed by atoms with Gasteiger partial charge in [-0.15, -0.1) is 0 Å². The van der Waals surface area contributed by atoms with Crippen LogP contribution < -0.4 is 0 Å². The fraction of sp³-hybridized carbons (Fsp3) is 0.909. The number of hydrogen-bond donors (Lipinski definition) is 1. The van der Waals surface area contributed by atoms with Gasteiger partial charge in [-0.25, -0.2) is 0 Å². The van der Waals surface area contributed by atoms with Gasteiger partial charge in [-0.1, -0.05) is 0 Å². The lowest BCUT2D eigenvalue weighted by Gasteiger charge is -2.29. The molecule has 0 saturated carbocycles. The first kappa shape index (κ1) is 12.8. The van der Waals surface area contributed by atoms with Gasteiger partial charge >= 0.3 is 0 Å². The number of rotatable bonds is 4. The fourth-order valence-corrected chi connectivity index (χ4v) is 3.01. The highest BCUT2D eigenvalue weighted by molar-refractivity contribution is 7.99. The van der Waals surface area contributed by atoms with Crippen molar-refractivity contribution in [2.45, 2.75) is 32.8 Å². The highest BCUT2D eigenvalue weighted by Gasteiger charge is 2.29. The molecule has 4 heteroatoms. The van der Waals surface area contributed by atoms with Crippen LogP contribution >= 0.6 is 11.8 Å². The summed E-state index contributed by atoms with van der Waals surface area (Å²) in [4.78, 5) is 13.8. The third-order valence-corrected chi connectivity index (χ3v) is 3.71. The van der Waals surface area contributed by atoms with Crippen LogP contribution in [-0.4, -0.2) is 46.1 Å². The summed E-state index contributed by atoms with van der Waals surface area (Å²) in [7, 11) is 0. The van der Waals surface area contributed by atoms with E-state index >= 15 is 0 Å². The summed E-state index contributed by atoms with van der Waals surface area (Å²) in [5.74, 6) is 2.43. The normalized spacial score (nSPS) is 21.7. The van der Waals surface area contributed by atoms with Crippen LogP contribution in [0.25, 0.3) is 0 Å². The number of amides is 1. The second kappa shape index (κ2) is 5.21. The summed E-state index contributed by atoms with van der Waals surface area (Å²) in [6.07, 6.45) is 0.992. The lowest BCUT2D eigenvalue weighted by atomic mass is 10.1. The Balaban J connectivity index is 2.53. The lowest BCUT2D eigenvalue weighted by molar-refractivity contribution is -0.137. The SMILES string of the molecule is CCN(CC(C)(C)O)C(=O)C1CCSC1. The molecule has 3 nitrogen and oxygen atoms in total. The van der Waals surface area contributed by atoms with Crippen molar-refractivity contribution in [3.8, 4) is 0 Å². The van der Waals surface area contributed by atoms with Crippen molar-refractivity contribution in [3.63, 3.8) is 0 Å². The molecule has 1 N–H and O–H groups in total. The molecule has 1 fully saturated rings. The average Bonchev–Trinajstić information content (AvgIpc) is 2.64. The molecule has 1 atom stereocenters. The smallest absolute Gasteiger partial charge is 0.226 e. The third-order valence-electron chi connectivity index (χ3n) is 2.55. The van der Waals surface area contributed by atoms with Gasteiger partial charge < -0.3 is 10.0 Å². The summed E-state index contributed by atoms with van der Waals surface area (Å²) in [6, 6.07) is 0. The van der Waals surface area contributed by atoms with E-state index in [-0.39, 0.29) is 11.8 Å². The summed E-state index contributed by atoms with van der Waals surface area (Å²) in [6.45, 7) is 6.57. The van der Waals surface area contributed by atoms with Crippen molar-refractivity contribution in [3.05, 3.63) is 0 Å². The number of thioether (sulfide) groups is 1. The maximum atomic E-state index is 12.1. The summed E-state index contributed by atoms with van der Waals surface area (Å²) >= 11 is 1.85. The van der Waals surface area contributed by atoms with Crippen LogP contribution in [0.15, 0.2) is 0 Å². The number of carbonyl (C=O) groups excluding carboxylic acids is 1. The molecule has 1 aliphatic heterocycles. The van der Waals surface area contributed by atoms with Crippen molar-refractivity contribution < 1.29 is 9.90 Å². The molecule has 1 heterocycles. The van der Waals surface area contributed by atoms with E-state index in [0.717, 1.165) is 17.9 Å². The molecular formula is C11H21NO2S. The number of likely N-dealkylation sites (N-methyl/N-ethyl adjacent to an activating group) is 1. The van der Waals surface area contributed by atoms with Gasteiger partial charge in [-0.05, 0) is 32.9 Å². The Kier molecular flexibility index (Phi) is 4.46. The molecule has 1 aliphatic rings. The van der Waals surface area contributed by atoms with Gasteiger partial charge in [-0.3, -0.25) is 4.79 Å². The van der Waals surface area contributed by atoms with Crippen LogP contribution in [0.2, 0.25) is 0 Å². The van der Waals surface area contributed by atoms with E-state index in [0.29, 0.717) is 13.1 Å². The Morgan fingerprint density at radius 1 is 1.60 bits per heavy atom. The highest BCUT2D eigenvalue weighted by Crippen LogP contribution is 2.25. The first-order chi connectivity index (χ1) is 6.94. The predicted octanol–water partition coefficient (Wildman–Crippen LogP) is 1.36. The monoisotopic (exact) mass is 231 g/mol. The predicted molar refractivity (Wildman–Crippen MR) is 64.0 cm³/mol. The molecule has 1 amide bonds. The zero-order valence-electron chi connectivity index (χ0n) is 9.82. The minimum atomic E-state index is -0.794. The number of carbonyl (C=O) groups is 1. The first-order valence-corrected chi connectivity index (χ1v) is 6.68. The number of nitrogens with zero attached hydrogens (tertiary/aromatic N) is 1. The Labute approximate surface area is 96.2 Å². The Bertz CT molecular complexity index is 219. The van der Waals surface area contributed by atoms with Gasteiger partial charge in [0.25, 0.3) is 0 Å². The molecule has 0 spiro atoms. The topological polar surface area (TPSA) is 40.5 Å². The average molecular weight is 231 g/mol. The van der Waals surface area contributed by atoms with Gasteiger partial charge in [0.2, 0.25) is 5.91 Å². The van der Waals surface area contributed by atoms with Crippen LogP contribution in [0, 0.1) is 5.92 Å². The second-order valence-electron chi connectivity index (χ2n) is 4.73. The van der Waals surface area contributed by atoms with Gasteiger partial charge in [-0.2, -0.15) is 11.8 Å². The molecule has 0 aliphatic carbocycles. The minimum absolute atomic E-state index is 0.178. The third kappa shape index (κ3) is 4.03. The van der Waals surface area contributed by atoms with Gasteiger partial charge in [0.15, 0.2) is 0 Å². The van der Waals surface area contributed by atoms with E-state index in [4.69, 9.17) is 0 Å². The van der Waals surface area contributed by atoms with E-state index in [2.05, 4.69) is 0 Å². The molecule has 15 heavy (non-hydrogen) atoms. The molecule has 88 valence electrons. The van der Waals surface area contributed by atoms with E-state index in [1.807, 2.05) is 18.7 Å². The zero-order chi connectivity index (χ0) is 11.5. The van der Waals surface area contributed by atoms with E-state index in [1.54, 1.807) is 18.7 Å². The van der Waals surface area contributed by atoms with E-state index in [9.17, 15) is 9.90 Å². The maximum absolute atomic E-state index is 12.1. The highest BCUT2D eigenvalue weighted by atomic mass is 32.2. The van der Waals surface area contributed by atoms with Crippen molar-refractivity contribution in [1.82, 2.24) is 4.90 Å². The summed E-state index contributed by atoms with van der Waals surface area (Å²) in [5.41, 5.74) is -0.794. The van der Waals surface area contributed by atoms with E-state index < -0.39 is 5.60 Å². The van der Waals surface area contributed by atoms with Gasteiger partial charge in [0.05, 0.1) is 5.60 Å². The largest absolute Gasteiger partial charge is 0.389 e. The number of aliphatic hydroxyl groups is 1. The van der Waals surface area contributed by atoms with Crippen molar-refractivity contribution >= 4 is 17.7 Å². The van der Waals surface area contributed by atoms with Crippen LogP contribution in [0.3, 0.4) is 0 Å². The molecule has 0 bridgehead atoms. The second-order valence-corrected chi connectivity index (χ2v) is 5.88. The molecule has 0 aromatic carbocycles. The van der Waals surface area contributed by atoms with Crippen molar-refractivity contribution in [1.29, 1.82) is 0 Å².